The molecule has 1 aromatic rings. The first-order valence-electron chi connectivity index (χ1n) is 4.89. The van der Waals surface area contributed by atoms with Gasteiger partial charge in [0.25, 0.3) is 0 Å². The monoisotopic (exact) mass is 241 g/mol. The molecule has 0 aliphatic carbocycles. The Labute approximate surface area is 95.7 Å². The number of allylic oxidation sites excluding steroid dienone is 1. The Morgan fingerprint density at radius 2 is 2.06 bits per heavy atom. The van der Waals surface area contributed by atoms with Crippen LogP contribution in [0.25, 0.3) is 0 Å². The third-order valence-corrected chi connectivity index (χ3v) is 3.35. The Kier molecular flexibility index (Phi) is 4.52. The molecule has 1 aromatic carbocycles. The van der Waals surface area contributed by atoms with E-state index in [9.17, 15) is 8.42 Å². The van der Waals surface area contributed by atoms with E-state index in [2.05, 4.69) is 11.3 Å². The van der Waals surface area contributed by atoms with Crippen molar-refractivity contribution in [2.45, 2.75) is 13.0 Å². The molecule has 0 heterocycles. The summed E-state index contributed by atoms with van der Waals surface area (Å²) in [6.07, 6.45) is 1.95. The molecular weight excluding hydrogens is 226 g/mol. The van der Waals surface area contributed by atoms with E-state index in [4.69, 9.17) is 5.11 Å². The first kappa shape index (κ1) is 12.7. The largest absolute Gasteiger partial charge is 0.392 e. The molecule has 0 unspecified atom stereocenters. The van der Waals surface area contributed by atoms with Crippen molar-refractivity contribution in [1.29, 1.82) is 0 Å². The highest BCUT2D eigenvalue weighted by Crippen LogP contribution is 2.16. The van der Waals surface area contributed by atoms with Crippen molar-refractivity contribution in [3.8, 4) is 0 Å². The molecule has 0 saturated carbocycles. The molecule has 2 N–H and O–H groups in total. The van der Waals surface area contributed by atoms with Crippen LogP contribution < -0.4 is 4.72 Å². The van der Waals surface area contributed by atoms with E-state index in [1.807, 2.05) is 0 Å². The number of nitrogens with one attached hydrogen (secondary N) is 1. The van der Waals surface area contributed by atoms with Gasteiger partial charge in [0.1, 0.15) is 0 Å². The van der Waals surface area contributed by atoms with Crippen molar-refractivity contribution in [2.75, 3.05) is 10.5 Å². The second kappa shape index (κ2) is 5.67. The molecule has 0 amide bonds. The number of rotatable bonds is 6. The van der Waals surface area contributed by atoms with Crippen LogP contribution in [0.1, 0.15) is 12.0 Å². The van der Waals surface area contributed by atoms with Crippen LogP contribution in [-0.4, -0.2) is 19.3 Å². The Balaban J connectivity index is 2.83. The van der Waals surface area contributed by atoms with Crippen molar-refractivity contribution in [2.24, 2.45) is 0 Å². The quantitative estimate of drug-likeness (QED) is 0.742. The van der Waals surface area contributed by atoms with E-state index in [-0.39, 0.29) is 12.4 Å². The fraction of sp³-hybridized carbons (Fsp3) is 0.273. The summed E-state index contributed by atoms with van der Waals surface area (Å²) < 4.78 is 25.6. The van der Waals surface area contributed by atoms with E-state index < -0.39 is 10.0 Å². The minimum absolute atomic E-state index is 0.00371. The fourth-order valence-corrected chi connectivity index (χ4v) is 2.33. The minimum atomic E-state index is -3.36. The molecule has 88 valence electrons. The summed E-state index contributed by atoms with van der Waals surface area (Å²) in [7, 11) is -3.36. The highest BCUT2D eigenvalue weighted by atomic mass is 32.2. The zero-order valence-corrected chi connectivity index (χ0v) is 9.70. The Morgan fingerprint density at radius 1 is 1.38 bits per heavy atom. The highest BCUT2D eigenvalue weighted by Gasteiger charge is 2.10. The summed E-state index contributed by atoms with van der Waals surface area (Å²) in [6.45, 7) is 3.28. The van der Waals surface area contributed by atoms with Crippen molar-refractivity contribution in [3.05, 3.63) is 42.5 Å². The fourth-order valence-electron chi connectivity index (χ4n) is 1.21. The molecule has 0 aliphatic heterocycles. The molecule has 5 heteroatoms. The average molecular weight is 241 g/mol. The van der Waals surface area contributed by atoms with Gasteiger partial charge in [-0.2, -0.15) is 0 Å². The van der Waals surface area contributed by atoms with Crippen LogP contribution >= 0.6 is 0 Å². The Bertz CT molecular complexity index is 454. The van der Waals surface area contributed by atoms with Crippen LogP contribution in [0.15, 0.2) is 36.9 Å². The summed E-state index contributed by atoms with van der Waals surface area (Å²) >= 11 is 0. The van der Waals surface area contributed by atoms with Gasteiger partial charge in [-0.25, -0.2) is 8.42 Å². The number of benzene rings is 1. The number of aliphatic hydroxyl groups excluding tert-OH is 1. The Morgan fingerprint density at radius 3 is 2.69 bits per heavy atom. The summed E-state index contributed by atoms with van der Waals surface area (Å²) in [4.78, 5) is 0. The highest BCUT2D eigenvalue weighted by molar-refractivity contribution is 7.92. The smallest absolute Gasteiger partial charge is 0.233 e. The number of sulfonamides is 1. The molecule has 0 saturated heterocycles. The topological polar surface area (TPSA) is 66.4 Å². The van der Waals surface area contributed by atoms with Crippen LogP contribution in [0.4, 0.5) is 5.69 Å². The van der Waals surface area contributed by atoms with Gasteiger partial charge in [-0.1, -0.05) is 24.3 Å². The number of hydrogen-bond donors (Lipinski definition) is 2. The van der Waals surface area contributed by atoms with Gasteiger partial charge in [0.05, 0.1) is 18.0 Å². The molecule has 0 fully saturated rings. The molecule has 4 nitrogen and oxygen atoms in total. The first-order chi connectivity index (χ1) is 7.59. The lowest BCUT2D eigenvalue weighted by molar-refractivity contribution is 0.282. The van der Waals surface area contributed by atoms with Crippen molar-refractivity contribution >= 4 is 15.7 Å². The second-order valence-electron chi connectivity index (χ2n) is 3.31. The lowest BCUT2D eigenvalue weighted by atomic mass is 10.2. The number of anilines is 1. The zero-order chi connectivity index (χ0) is 12.0. The summed E-state index contributed by atoms with van der Waals surface area (Å²) in [5, 5.41) is 9.04. The zero-order valence-electron chi connectivity index (χ0n) is 8.89. The van der Waals surface area contributed by atoms with Crippen LogP contribution in [0.2, 0.25) is 0 Å². The van der Waals surface area contributed by atoms with Crippen LogP contribution in [0, 0.1) is 0 Å². The molecular formula is C11H15NO3S. The summed E-state index contributed by atoms with van der Waals surface area (Å²) in [6, 6.07) is 6.75. The SMILES string of the molecule is C=CCCS(=O)(=O)Nc1ccccc1CO. The minimum Gasteiger partial charge on any atom is -0.392 e. The molecule has 0 aliphatic rings. The van der Waals surface area contributed by atoms with E-state index >= 15 is 0 Å². The van der Waals surface area contributed by atoms with Crippen molar-refractivity contribution < 1.29 is 13.5 Å². The van der Waals surface area contributed by atoms with Gasteiger partial charge in [0, 0.05) is 5.56 Å². The number of para-hydroxylation sites is 1. The molecule has 16 heavy (non-hydrogen) atoms. The van der Waals surface area contributed by atoms with Crippen LogP contribution in [-0.2, 0) is 16.6 Å². The average Bonchev–Trinajstić information content (AvgIpc) is 2.27. The maximum Gasteiger partial charge on any atom is 0.233 e. The number of hydrogen-bond acceptors (Lipinski definition) is 3. The third-order valence-electron chi connectivity index (χ3n) is 2.04. The van der Waals surface area contributed by atoms with E-state index in [1.165, 1.54) is 0 Å². The maximum atomic E-state index is 11.6. The van der Waals surface area contributed by atoms with E-state index in [0.717, 1.165) is 0 Å². The van der Waals surface area contributed by atoms with Gasteiger partial charge in [-0.05, 0) is 12.5 Å². The molecule has 0 aromatic heterocycles. The first-order valence-corrected chi connectivity index (χ1v) is 6.54. The van der Waals surface area contributed by atoms with Crippen LogP contribution in [0.3, 0.4) is 0 Å². The summed E-state index contributed by atoms with van der Waals surface area (Å²) in [5.41, 5.74) is 0.985. The third kappa shape index (κ3) is 3.67. The molecule has 0 atom stereocenters. The molecule has 1 rings (SSSR count). The Hall–Kier alpha value is -1.33. The van der Waals surface area contributed by atoms with Gasteiger partial charge >= 0.3 is 0 Å². The predicted octanol–water partition coefficient (Wildman–Crippen LogP) is 1.50. The molecule has 0 radical (unpaired) electrons. The molecule has 0 bridgehead atoms. The summed E-state index contributed by atoms with van der Waals surface area (Å²) in [5.74, 6) is -0.00371. The van der Waals surface area contributed by atoms with Gasteiger partial charge in [-0.15, -0.1) is 6.58 Å². The number of aliphatic hydroxyl groups is 1. The van der Waals surface area contributed by atoms with Crippen molar-refractivity contribution in [3.63, 3.8) is 0 Å². The van der Waals surface area contributed by atoms with E-state index in [0.29, 0.717) is 17.7 Å². The van der Waals surface area contributed by atoms with Gasteiger partial charge in [0.15, 0.2) is 0 Å². The van der Waals surface area contributed by atoms with Crippen molar-refractivity contribution in [1.82, 2.24) is 0 Å². The lowest BCUT2D eigenvalue weighted by Crippen LogP contribution is -2.17. The normalized spacial score (nSPS) is 11.1. The maximum absolute atomic E-state index is 11.6. The van der Waals surface area contributed by atoms with Gasteiger partial charge < -0.3 is 5.11 Å². The second-order valence-corrected chi connectivity index (χ2v) is 5.16. The molecule has 0 spiro atoms. The van der Waals surface area contributed by atoms with Gasteiger partial charge in [0.2, 0.25) is 10.0 Å². The standard InChI is InChI=1S/C11H15NO3S/c1-2-3-8-16(14,15)12-11-7-5-4-6-10(11)9-13/h2,4-7,12-13H,1,3,8-9H2. The van der Waals surface area contributed by atoms with Gasteiger partial charge in [-0.3, -0.25) is 4.72 Å². The van der Waals surface area contributed by atoms with Crippen LogP contribution in [0.5, 0.6) is 0 Å². The predicted molar refractivity (Wildman–Crippen MR) is 64.6 cm³/mol. The van der Waals surface area contributed by atoms with E-state index in [1.54, 1.807) is 30.3 Å². The lowest BCUT2D eigenvalue weighted by Gasteiger charge is -2.10.